The van der Waals surface area contributed by atoms with Gasteiger partial charge in [-0.15, -0.1) is 10.2 Å². The van der Waals surface area contributed by atoms with Crippen molar-refractivity contribution in [3.63, 3.8) is 0 Å². The van der Waals surface area contributed by atoms with Crippen molar-refractivity contribution in [2.45, 2.75) is 13.0 Å². The highest BCUT2D eigenvalue weighted by atomic mass is 16.5. The SMILES string of the molecule is CN=C(NCCCOc1ccccc1)NCc1nnc2ccccn12. The highest BCUT2D eigenvalue weighted by molar-refractivity contribution is 5.79. The number of hydrogen-bond acceptors (Lipinski definition) is 4. The third-order valence-electron chi connectivity index (χ3n) is 3.65. The second kappa shape index (κ2) is 8.68. The molecule has 3 rings (SSSR count). The van der Waals surface area contributed by atoms with Gasteiger partial charge in [-0.3, -0.25) is 9.39 Å². The van der Waals surface area contributed by atoms with Gasteiger partial charge >= 0.3 is 0 Å². The Morgan fingerprint density at radius 3 is 2.76 bits per heavy atom. The van der Waals surface area contributed by atoms with E-state index in [9.17, 15) is 0 Å². The van der Waals surface area contributed by atoms with Gasteiger partial charge in [0.05, 0.1) is 13.2 Å². The van der Waals surface area contributed by atoms with Gasteiger partial charge in [0.25, 0.3) is 0 Å². The number of aliphatic imine (C=N–C) groups is 1. The summed E-state index contributed by atoms with van der Waals surface area (Å²) in [7, 11) is 1.75. The van der Waals surface area contributed by atoms with E-state index in [0.717, 1.165) is 36.1 Å². The number of fused-ring (bicyclic) bond motifs is 1. The predicted molar refractivity (Wildman–Crippen MR) is 97.7 cm³/mol. The van der Waals surface area contributed by atoms with E-state index in [-0.39, 0.29) is 0 Å². The molecular formula is C18H22N6O. The summed E-state index contributed by atoms with van der Waals surface area (Å²) >= 11 is 0. The molecule has 0 atom stereocenters. The molecule has 0 saturated carbocycles. The highest BCUT2D eigenvalue weighted by Gasteiger charge is 2.05. The first kappa shape index (κ1) is 16.8. The van der Waals surface area contributed by atoms with Crippen LogP contribution in [0.25, 0.3) is 5.65 Å². The smallest absolute Gasteiger partial charge is 0.191 e. The summed E-state index contributed by atoms with van der Waals surface area (Å²) in [5.41, 5.74) is 0.834. The maximum absolute atomic E-state index is 5.67. The lowest BCUT2D eigenvalue weighted by Gasteiger charge is -2.11. The number of rotatable bonds is 7. The minimum absolute atomic E-state index is 0.547. The molecule has 0 bridgehead atoms. The number of pyridine rings is 1. The number of benzene rings is 1. The zero-order chi connectivity index (χ0) is 17.3. The van der Waals surface area contributed by atoms with Gasteiger partial charge in [-0.05, 0) is 30.7 Å². The Hall–Kier alpha value is -3.09. The molecule has 1 aromatic carbocycles. The van der Waals surface area contributed by atoms with Gasteiger partial charge in [0.2, 0.25) is 0 Å². The number of para-hydroxylation sites is 1. The molecule has 0 radical (unpaired) electrons. The average Bonchev–Trinajstić information content (AvgIpc) is 3.08. The van der Waals surface area contributed by atoms with Crippen LogP contribution in [0.5, 0.6) is 5.75 Å². The lowest BCUT2D eigenvalue weighted by atomic mass is 10.3. The van der Waals surface area contributed by atoms with Crippen molar-refractivity contribution >= 4 is 11.6 Å². The van der Waals surface area contributed by atoms with Gasteiger partial charge in [-0.25, -0.2) is 0 Å². The van der Waals surface area contributed by atoms with Gasteiger partial charge in [-0.2, -0.15) is 0 Å². The first-order chi connectivity index (χ1) is 12.4. The number of hydrogen-bond donors (Lipinski definition) is 2. The first-order valence-corrected chi connectivity index (χ1v) is 8.28. The molecule has 0 aliphatic heterocycles. The van der Waals surface area contributed by atoms with E-state index >= 15 is 0 Å². The third kappa shape index (κ3) is 4.69. The fraction of sp³-hybridized carbons (Fsp3) is 0.278. The van der Waals surface area contributed by atoms with E-state index in [1.165, 1.54) is 0 Å². The van der Waals surface area contributed by atoms with Crippen LogP contribution in [0.15, 0.2) is 59.7 Å². The number of ether oxygens (including phenoxy) is 1. The molecular weight excluding hydrogens is 316 g/mol. The maximum Gasteiger partial charge on any atom is 0.191 e. The number of aromatic nitrogens is 3. The van der Waals surface area contributed by atoms with E-state index in [4.69, 9.17) is 4.74 Å². The molecule has 7 heteroatoms. The van der Waals surface area contributed by atoms with Crippen LogP contribution in [0.2, 0.25) is 0 Å². The zero-order valence-electron chi connectivity index (χ0n) is 14.2. The standard InChI is InChI=1S/C18H22N6O/c1-19-18(20-11-7-13-25-15-8-3-2-4-9-15)21-14-17-23-22-16-10-5-6-12-24(16)17/h2-6,8-10,12H,7,11,13-14H2,1H3,(H2,19,20,21). The summed E-state index contributed by atoms with van der Waals surface area (Å²) < 4.78 is 7.62. The van der Waals surface area contributed by atoms with Gasteiger partial charge in [0.1, 0.15) is 5.75 Å². The average molecular weight is 338 g/mol. The molecule has 0 aliphatic rings. The van der Waals surface area contributed by atoms with Crippen molar-refractivity contribution in [1.29, 1.82) is 0 Å². The first-order valence-electron chi connectivity index (χ1n) is 8.28. The zero-order valence-corrected chi connectivity index (χ0v) is 14.2. The molecule has 130 valence electrons. The molecule has 0 unspecified atom stereocenters. The van der Waals surface area contributed by atoms with E-state index in [1.807, 2.05) is 59.1 Å². The van der Waals surface area contributed by atoms with Crippen LogP contribution in [-0.2, 0) is 6.54 Å². The van der Waals surface area contributed by atoms with Crippen LogP contribution in [0.1, 0.15) is 12.2 Å². The molecule has 0 fully saturated rings. The number of nitrogens with zero attached hydrogens (tertiary/aromatic N) is 4. The van der Waals surface area contributed by atoms with Crippen LogP contribution in [0.4, 0.5) is 0 Å². The molecule has 2 N–H and O–H groups in total. The molecule has 0 amide bonds. The van der Waals surface area contributed by atoms with Crippen LogP contribution in [-0.4, -0.2) is 40.8 Å². The summed E-state index contributed by atoms with van der Waals surface area (Å²) in [6, 6.07) is 15.6. The van der Waals surface area contributed by atoms with Crippen LogP contribution >= 0.6 is 0 Å². The Kier molecular flexibility index (Phi) is 5.82. The van der Waals surface area contributed by atoms with E-state index in [0.29, 0.717) is 13.2 Å². The lowest BCUT2D eigenvalue weighted by molar-refractivity contribution is 0.311. The molecule has 0 spiro atoms. The van der Waals surface area contributed by atoms with E-state index in [2.05, 4.69) is 25.8 Å². The van der Waals surface area contributed by atoms with Crippen molar-refractivity contribution in [1.82, 2.24) is 25.2 Å². The minimum Gasteiger partial charge on any atom is -0.494 e. The molecule has 2 heterocycles. The molecule has 0 saturated heterocycles. The molecule has 3 aromatic rings. The molecule has 25 heavy (non-hydrogen) atoms. The normalized spacial score (nSPS) is 11.5. The summed E-state index contributed by atoms with van der Waals surface area (Å²) in [6.07, 6.45) is 2.83. The topological polar surface area (TPSA) is 75.8 Å². The Bertz CT molecular complexity index is 815. The Morgan fingerprint density at radius 2 is 1.92 bits per heavy atom. The van der Waals surface area contributed by atoms with Crippen LogP contribution < -0.4 is 15.4 Å². The quantitative estimate of drug-likeness (QED) is 0.391. The Labute approximate surface area is 146 Å². The molecule has 0 aliphatic carbocycles. The second-order valence-electron chi connectivity index (χ2n) is 5.41. The number of guanidine groups is 1. The van der Waals surface area contributed by atoms with Gasteiger partial charge in [-0.1, -0.05) is 24.3 Å². The summed E-state index contributed by atoms with van der Waals surface area (Å²) in [6.45, 7) is 1.97. The van der Waals surface area contributed by atoms with Gasteiger partial charge < -0.3 is 15.4 Å². The fourth-order valence-electron chi connectivity index (χ4n) is 2.38. The second-order valence-corrected chi connectivity index (χ2v) is 5.41. The molecule has 2 aromatic heterocycles. The van der Waals surface area contributed by atoms with Crippen LogP contribution in [0, 0.1) is 0 Å². The van der Waals surface area contributed by atoms with Gasteiger partial charge in [0.15, 0.2) is 17.4 Å². The minimum atomic E-state index is 0.547. The summed E-state index contributed by atoms with van der Waals surface area (Å²) in [5.74, 6) is 2.46. The van der Waals surface area contributed by atoms with Crippen LogP contribution in [0.3, 0.4) is 0 Å². The van der Waals surface area contributed by atoms with Crippen molar-refractivity contribution < 1.29 is 4.74 Å². The van der Waals surface area contributed by atoms with Crippen molar-refractivity contribution in [2.24, 2.45) is 4.99 Å². The Balaban J connectivity index is 1.39. The summed E-state index contributed by atoms with van der Waals surface area (Å²) in [5, 5.41) is 14.8. The van der Waals surface area contributed by atoms with E-state index < -0.39 is 0 Å². The molecule has 7 nitrogen and oxygen atoms in total. The van der Waals surface area contributed by atoms with Gasteiger partial charge in [0, 0.05) is 19.8 Å². The predicted octanol–water partition coefficient (Wildman–Crippen LogP) is 1.86. The summed E-state index contributed by atoms with van der Waals surface area (Å²) in [4.78, 5) is 4.22. The monoisotopic (exact) mass is 338 g/mol. The third-order valence-corrected chi connectivity index (χ3v) is 3.65. The van der Waals surface area contributed by atoms with Crippen molar-refractivity contribution in [3.05, 3.63) is 60.6 Å². The number of nitrogens with one attached hydrogen (secondary N) is 2. The fourth-order valence-corrected chi connectivity index (χ4v) is 2.38. The lowest BCUT2D eigenvalue weighted by Crippen LogP contribution is -2.38. The maximum atomic E-state index is 5.67. The largest absolute Gasteiger partial charge is 0.494 e. The highest BCUT2D eigenvalue weighted by Crippen LogP contribution is 2.08. The van der Waals surface area contributed by atoms with E-state index in [1.54, 1.807) is 7.05 Å². The van der Waals surface area contributed by atoms with Crippen molar-refractivity contribution in [3.8, 4) is 5.75 Å². The van der Waals surface area contributed by atoms with Crippen molar-refractivity contribution in [2.75, 3.05) is 20.2 Å². The Morgan fingerprint density at radius 1 is 1.08 bits per heavy atom.